The molecular formula is C22H18N2O4. The van der Waals surface area contributed by atoms with E-state index in [0.717, 1.165) is 16.5 Å². The van der Waals surface area contributed by atoms with Crippen LogP contribution in [-0.2, 0) is 11.3 Å². The molecule has 4 aromatic rings. The van der Waals surface area contributed by atoms with Gasteiger partial charge in [-0.3, -0.25) is 4.98 Å². The van der Waals surface area contributed by atoms with E-state index < -0.39 is 5.97 Å². The zero-order valence-electron chi connectivity index (χ0n) is 15.5. The van der Waals surface area contributed by atoms with Crippen molar-refractivity contribution in [1.82, 2.24) is 10.1 Å². The van der Waals surface area contributed by atoms with Gasteiger partial charge in [0, 0.05) is 17.0 Å². The van der Waals surface area contributed by atoms with Gasteiger partial charge >= 0.3 is 5.97 Å². The van der Waals surface area contributed by atoms with Crippen molar-refractivity contribution < 1.29 is 18.8 Å². The van der Waals surface area contributed by atoms with Crippen molar-refractivity contribution in [3.8, 4) is 17.1 Å². The highest BCUT2D eigenvalue weighted by atomic mass is 16.5. The van der Waals surface area contributed by atoms with Crippen LogP contribution in [0.15, 0.2) is 65.2 Å². The van der Waals surface area contributed by atoms with Gasteiger partial charge in [0.05, 0.1) is 23.9 Å². The van der Waals surface area contributed by atoms with Crippen LogP contribution in [0.1, 0.15) is 21.7 Å². The molecule has 0 aliphatic heterocycles. The molecule has 0 saturated heterocycles. The van der Waals surface area contributed by atoms with Crippen LogP contribution in [0.25, 0.3) is 22.2 Å². The highest BCUT2D eigenvalue weighted by Crippen LogP contribution is 2.23. The normalized spacial score (nSPS) is 10.8. The van der Waals surface area contributed by atoms with Crippen molar-refractivity contribution in [2.45, 2.75) is 13.5 Å². The van der Waals surface area contributed by atoms with Gasteiger partial charge < -0.3 is 14.0 Å². The van der Waals surface area contributed by atoms with Gasteiger partial charge in [-0.2, -0.15) is 0 Å². The number of esters is 1. The first-order valence-corrected chi connectivity index (χ1v) is 8.77. The molecule has 0 saturated carbocycles. The van der Waals surface area contributed by atoms with Crippen molar-refractivity contribution in [3.05, 3.63) is 77.6 Å². The Kier molecular flexibility index (Phi) is 4.76. The molecule has 0 radical (unpaired) electrons. The maximum atomic E-state index is 12.6. The molecule has 0 aliphatic rings. The van der Waals surface area contributed by atoms with Crippen molar-refractivity contribution in [2.24, 2.45) is 0 Å². The van der Waals surface area contributed by atoms with Crippen molar-refractivity contribution in [1.29, 1.82) is 0 Å². The number of methoxy groups -OCH3 is 1. The molecule has 6 heteroatoms. The Morgan fingerprint density at radius 1 is 1.07 bits per heavy atom. The molecule has 2 aromatic heterocycles. The fraction of sp³-hybridized carbons (Fsp3) is 0.136. The number of carbonyl (C=O) groups is 1. The summed E-state index contributed by atoms with van der Waals surface area (Å²) in [4.78, 5) is 17.0. The monoisotopic (exact) mass is 374 g/mol. The molecule has 0 amide bonds. The summed E-state index contributed by atoms with van der Waals surface area (Å²) in [6.07, 6.45) is 0. The van der Waals surface area contributed by atoms with Crippen molar-refractivity contribution >= 4 is 16.9 Å². The molecule has 0 unspecified atom stereocenters. The first-order chi connectivity index (χ1) is 13.6. The van der Waals surface area contributed by atoms with E-state index in [9.17, 15) is 4.79 Å². The topological polar surface area (TPSA) is 74.5 Å². The number of hydrogen-bond donors (Lipinski definition) is 0. The lowest BCUT2D eigenvalue weighted by molar-refractivity contribution is 0.0463. The number of ether oxygens (including phenoxy) is 2. The standard InChI is InChI=1S/C22H18N2O4/c1-14-19(11-16-10-18(26-2)8-9-20(16)23-14)22(25)27-13-17-12-21(28-24-17)15-6-4-3-5-7-15/h3-12H,13H2,1-2H3. The second-order valence-corrected chi connectivity index (χ2v) is 6.30. The fourth-order valence-corrected chi connectivity index (χ4v) is 2.92. The van der Waals surface area contributed by atoms with Crippen LogP contribution in [0.3, 0.4) is 0 Å². The smallest absolute Gasteiger partial charge is 0.340 e. The Balaban J connectivity index is 1.51. The lowest BCUT2D eigenvalue weighted by Crippen LogP contribution is -2.08. The zero-order chi connectivity index (χ0) is 19.5. The molecule has 28 heavy (non-hydrogen) atoms. The molecule has 2 aromatic carbocycles. The average Bonchev–Trinajstić information content (AvgIpc) is 3.21. The van der Waals surface area contributed by atoms with Gasteiger partial charge in [-0.05, 0) is 31.2 Å². The molecule has 6 nitrogen and oxygen atoms in total. The van der Waals surface area contributed by atoms with Crippen molar-refractivity contribution in [2.75, 3.05) is 7.11 Å². The van der Waals surface area contributed by atoms with Crippen molar-refractivity contribution in [3.63, 3.8) is 0 Å². The highest BCUT2D eigenvalue weighted by Gasteiger charge is 2.15. The third kappa shape index (κ3) is 3.57. The number of hydrogen-bond acceptors (Lipinski definition) is 6. The molecule has 0 spiro atoms. The van der Waals surface area contributed by atoms with E-state index in [1.54, 1.807) is 26.2 Å². The molecule has 0 N–H and O–H groups in total. The summed E-state index contributed by atoms with van der Waals surface area (Å²) < 4.78 is 16.0. The van der Waals surface area contributed by atoms with Gasteiger partial charge in [-0.25, -0.2) is 4.79 Å². The molecular weight excluding hydrogens is 356 g/mol. The summed E-state index contributed by atoms with van der Waals surface area (Å²) in [5, 5.41) is 4.78. The number of aryl methyl sites for hydroxylation is 1. The number of pyridine rings is 1. The average molecular weight is 374 g/mol. The number of aromatic nitrogens is 2. The summed E-state index contributed by atoms with van der Waals surface area (Å²) in [6.45, 7) is 1.80. The lowest BCUT2D eigenvalue weighted by atomic mass is 10.1. The Morgan fingerprint density at radius 2 is 1.89 bits per heavy atom. The second kappa shape index (κ2) is 7.52. The Labute approximate surface area is 161 Å². The maximum Gasteiger partial charge on any atom is 0.340 e. The van der Waals surface area contributed by atoms with Gasteiger partial charge in [-0.15, -0.1) is 0 Å². The van der Waals surface area contributed by atoms with E-state index >= 15 is 0 Å². The summed E-state index contributed by atoms with van der Waals surface area (Å²) >= 11 is 0. The van der Waals surface area contributed by atoms with Crippen LogP contribution < -0.4 is 4.74 Å². The lowest BCUT2D eigenvalue weighted by Gasteiger charge is -2.08. The van der Waals surface area contributed by atoms with Gasteiger partial charge in [0.2, 0.25) is 0 Å². The number of carbonyl (C=O) groups excluding carboxylic acids is 1. The molecule has 140 valence electrons. The molecule has 0 fully saturated rings. The predicted molar refractivity (Wildman–Crippen MR) is 104 cm³/mol. The minimum atomic E-state index is -0.459. The summed E-state index contributed by atoms with van der Waals surface area (Å²) in [5.41, 5.74) is 3.26. The zero-order valence-corrected chi connectivity index (χ0v) is 15.5. The SMILES string of the molecule is COc1ccc2nc(C)c(C(=O)OCc3cc(-c4ccccc4)on3)cc2c1. The molecule has 4 rings (SSSR count). The Hall–Kier alpha value is -3.67. The molecule has 0 atom stereocenters. The molecule has 2 heterocycles. The quantitative estimate of drug-likeness (QED) is 0.477. The maximum absolute atomic E-state index is 12.6. The predicted octanol–water partition coefficient (Wildman–Crippen LogP) is 4.56. The first kappa shape index (κ1) is 17.7. The van der Waals surface area contributed by atoms with E-state index in [-0.39, 0.29) is 6.61 Å². The first-order valence-electron chi connectivity index (χ1n) is 8.77. The molecule has 0 aliphatic carbocycles. The van der Waals surface area contributed by atoms with Gasteiger partial charge in [0.25, 0.3) is 0 Å². The van der Waals surface area contributed by atoms with Gasteiger partial charge in [0.15, 0.2) is 5.76 Å². The third-order valence-corrected chi connectivity index (χ3v) is 4.40. The minimum Gasteiger partial charge on any atom is -0.497 e. The van der Waals surface area contributed by atoms with E-state index in [0.29, 0.717) is 28.5 Å². The van der Waals surface area contributed by atoms with Crippen LogP contribution in [0, 0.1) is 6.92 Å². The van der Waals surface area contributed by atoms with Gasteiger partial charge in [-0.1, -0.05) is 35.5 Å². The minimum absolute atomic E-state index is 0.0186. The van der Waals surface area contributed by atoms with Gasteiger partial charge in [0.1, 0.15) is 18.1 Å². The number of nitrogens with zero attached hydrogens (tertiary/aromatic N) is 2. The highest BCUT2D eigenvalue weighted by molar-refractivity contribution is 5.95. The van der Waals surface area contributed by atoms with Crippen LogP contribution >= 0.6 is 0 Å². The molecule has 0 bridgehead atoms. The summed E-state index contributed by atoms with van der Waals surface area (Å²) in [5.74, 6) is 0.870. The van der Waals surface area contributed by atoms with E-state index in [2.05, 4.69) is 10.1 Å². The Bertz CT molecular complexity index is 1140. The van der Waals surface area contributed by atoms with E-state index in [1.807, 2.05) is 48.5 Å². The fourth-order valence-electron chi connectivity index (χ4n) is 2.92. The van der Waals surface area contributed by atoms with Crippen LogP contribution in [0.2, 0.25) is 0 Å². The largest absolute Gasteiger partial charge is 0.497 e. The second-order valence-electron chi connectivity index (χ2n) is 6.30. The third-order valence-electron chi connectivity index (χ3n) is 4.40. The van der Waals surface area contributed by atoms with Crippen LogP contribution in [0.5, 0.6) is 5.75 Å². The number of benzene rings is 2. The Morgan fingerprint density at radius 3 is 2.68 bits per heavy atom. The van der Waals surface area contributed by atoms with Crippen LogP contribution in [0.4, 0.5) is 0 Å². The number of rotatable bonds is 5. The van der Waals surface area contributed by atoms with E-state index in [4.69, 9.17) is 14.0 Å². The van der Waals surface area contributed by atoms with Crippen LogP contribution in [-0.4, -0.2) is 23.2 Å². The van der Waals surface area contributed by atoms with E-state index in [1.165, 1.54) is 0 Å². The number of fused-ring (bicyclic) bond motifs is 1. The summed E-state index contributed by atoms with van der Waals surface area (Å²) in [6, 6.07) is 18.7. The summed E-state index contributed by atoms with van der Waals surface area (Å²) in [7, 11) is 1.60.